The minimum atomic E-state index is -0.935. The maximum atomic E-state index is 12.5. The smallest absolute Gasteiger partial charge is 0.311 e. The van der Waals surface area contributed by atoms with Gasteiger partial charge in [-0.25, -0.2) is 4.68 Å². The van der Waals surface area contributed by atoms with E-state index < -0.39 is 17.8 Å². The zero-order chi connectivity index (χ0) is 17.3. The van der Waals surface area contributed by atoms with Crippen molar-refractivity contribution in [3.8, 4) is 0 Å². The molecule has 3 rings (SSSR count). The summed E-state index contributed by atoms with van der Waals surface area (Å²) in [4.78, 5) is 25.4. The normalized spacial score (nSPS) is 23.6. The van der Waals surface area contributed by atoms with E-state index in [1.807, 2.05) is 24.7 Å². The van der Waals surface area contributed by atoms with E-state index in [-0.39, 0.29) is 11.9 Å². The number of nitrogens with zero attached hydrogens (tertiary/aromatic N) is 4. The van der Waals surface area contributed by atoms with Gasteiger partial charge in [0.05, 0.1) is 18.0 Å². The molecule has 2 aliphatic rings. The van der Waals surface area contributed by atoms with Gasteiger partial charge in [-0.2, -0.15) is 0 Å². The lowest BCUT2D eigenvalue weighted by Gasteiger charge is -2.30. The fourth-order valence-corrected chi connectivity index (χ4v) is 3.01. The standard InChI is InChI=1S/C17H22N4O3/c1-11(2)21-10-15(18-19-21)12-4-3-8-20(9-7-12)16(22)13-5-6-14(13)17(23)24/h4-6,10-11,13-14H,3,7-9H2,1-2H3,(H,23,24)/t13-,14+/m1/s1. The first kappa shape index (κ1) is 16.4. The van der Waals surface area contributed by atoms with E-state index in [1.165, 1.54) is 0 Å². The lowest BCUT2D eigenvalue weighted by atomic mass is 9.81. The molecular formula is C17H22N4O3. The van der Waals surface area contributed by atoms with Crippen LogP contribution in [-0.4, -0.2) is 50.0 Å². The van der Waals surface area contributed by atoms with Crippen LogP contribution in [0.2, 0.25) is 0 Å². The molecule has 0 saturated carbocycles. The Kier molecular flexibility index (Phi) is 4.51. The van der Waals surface area contributed by atoms with Crippen molar-refractivity contribution in [2.24, 2.45) is 11.8 Å². The second-order valence-corrected chi connectivity index (χ2v) is 6.55. The molecule has 0 unspecified atom stereocenters. The number of aromatic nitrogens is 3. The molecule has 0 spiro atoms. The first-order valence-electron chi connectivity index (χ1n) is 8.28. The lowest BCUT2D eigenvalue weighted by Crippen LogP contribution is -2.43. The maximum absolute atomic E-state index is 12.5. The quantitative estimate of drug-likeness (QED) is 0.850. The molecule has 0 aromatic carbocycles. The van der Waals surface area contributed by atoms with Gasteiger partial charge in [0, 0.05) is 19.1 Å². The lowest BCUT2D eigenvalue weighted by molar-refractivity contribution is -0.148. The number of rotatable bonds is 4. The summed E-state index contributed by atoms with van der Waals surface area (Å²) < 4.78 is 1.82. The molecule has 2 atom stereocenters. The number of hydrogen-bond acceptors (Lipinski definition) is 4. The summed E-state index contributed by atoms with van der Waals surface area (Å²) in [6.45, 7) is 5.28. The number of amides is 1. The third kappa shape index (κ3) is 3.11. The molecule has 0 bridgehead atoms. The molecule has 1 N–H and O–H groups in total. The predicted octanol–water partition coefficient (Wildman–Crippen LogP) is 1.75. The first-order chi connectivity index (χ1) is 11.5. The van der Waals surface area contributed by atoms with Gasteiger partial charge in [-0.3, -0.25) is 9.59 Å². The number of carboxylic acid groups (broad SMARTS) is 1. The van der Waals surface area contributed by atoms with Crippen LogP contribution in [0, 0.1) is 11.8 Å². The molecule has 7 heteroatoms. The van der Waals surface area contributed by atoms with E-state index in [0.29, 0.717) is 19.5 Å². The highest BCUT2D eigenvalue weighted by Gasteiger charge is 2.38. The SMILES string of the molecule is CC(C)n1cc(C2=CCCN(C(=O)[C@@H]3C=C[C@@H]3C(=O)O)CC2)nn1. The molecule has 128 valence electrons. The van der Waals surface area contributed by atoms with Gasteiger partial charge in [-0.05, 0) is 32.3 Å². The van der Waals surface area contributed by atoms with Crippen molar-refractivity contribution in [3.05, 3.63) is 30.1 Å². The second-order valence-electron chi connectivity index (χ2n) is 6.55. The van der Waals surface area contributed by atoms with Gasteiger partial charge in [0.25, 0.3) is 0 Å². The van der Waals surface area contributed by atoms with Crippen molar-refractivity contribution in [2.45, 2.75) is 32.7 Å². The van der Waals surface area contributed by atoms with Crippen molar-refractivity contribution in [1.29, 1.82) is 0 Å². The zero-order valence-electron chi connectivity index (χ0n) is 13.9. The molecule has 1 aliphatic carbocycles. The monoisotopic (exact) mass is 330 g/mol. The predicted molar refractivity (Wildman–Crippen MR) is 88.0 cm³/mol. The summed E-state index contributed by atoms with van der Waals surface area (Å²) in [5.74, 6) is -2.23. The minimum Gasteiger partial charge on any atom is -0.481 e. The van der Waals surface area contributed by atoms with E-state index in [2.05, 4.69) is 16.4 Å². The average Bonchev–Trinajstić information content (AvgIpc) is 2.84. The van der Waals surface area contributed by atoms with Crippen molar-refractivity contribution >= 4 is 17.4 Å². The maximum Gasteiger partial charge on any atom is 0.311 e. The molecule has 0 saturated heterocycles. The van der Waals surface area contributed by atoms with Gasteiger partial charge < -0.3 is 10.0 Å². The summed E-state index contributed by atoms with van der Waals surface area (Å²) >= 11 is 0. The largest absolute Gasteiger partial charge is 0.481 e. The third-order valence-corrected chi connectivity index (χ3v) is 4.60. The third-order valence-electron chi connectivity index (χ3n) is 4.60. The molecule has 1 amide bonds. The molecule has 2 heterocycles. The molecule has 7 nitrogen and oxygen atoms in total. The van der Waals surface area contributed by atoms with Crippen LogP contribution in [0.15, 0.2) is 24.4 Å². The highest BCUT2D eigenvalue weighted by Crippen LogP contribution is 2.29. The molecule has 1 aromatic heterocycles. The van der Waals surface area contributed by atoms with Gasteiger partial charge in [0.1, 0.15) is 5.69 Å². The number of carboxylic acids is 1. The Bertz CT molecular complexity index is 704. The molecule has 1 aromatic rings. The zero-order valence-corrected chi connectivity index (χ0v) is 13.9. The first-order valence-corrected chi connectivity index (χ1v) is 8.28. The van der Waals surface area contributed by atoms with Crippen molar-refractivity contribution in [1.82, 2.24) is 19.9 Å². The molecule has 0 radical (unpaired) electrons. The van der Waals surface area contributed by atoms with Gasteiger partial charge in [-0.1, -0.05) is 23.4 Å². The van der Waals surface area contributed by atoms with Gasteiger partial charge in [0.2, 0.25) is 5.91 Å². The van der Waals surface area contributed by atoms with Gasteiger partial charge in [-0.15, -0.1) is 5.10 Å². The van der Waals surface area contributed by atoms with Crippen LogP contribution in [0.1, 0.15) is 38.4 Å². The van der Waals surface area contributed by atoms with Crippen molar-refractivity contribution in [2.75, 3.05) is 13.1 Å². The summed E-state index contributed by atoms with van der Waals surface area (Å²) in [7, 11) is 0. The van der Waals surface area contributed by atoms with E-state index in [9.17, 15) is 9.59 Å². The van der Waals surface area contributed by atoms with E-state index in [0.717, 1.165) is 17.7 Å². The molecule has 24 heavy (non-hydrogen) atoms. The van der Waals surface area contributed by atoms with Crippen LogP contribution in [-0.2, 0) is 9.59 Å². The number of hydrogen-bond donors (Lipinski definition) is 1. The fourth-order valence-electron chi connectivity index (χ4n) is 3.01. The van der Waals surface area contributed by atoms with Gasteiger partial charge in [0.15, 0.2) is 0 Å². The summed E-state index contributed by atoms with van der Waals surface area (Å²) in [6.07, 6.45) is 8.75. The van der Waals surface area contributed by atoms with E-state index in [1.54, 1.807) is 17.1 Å². The number of carbonyl (C=O) groups is 2. The van der Waals surface area contributed by atoms with Crippen LogP contribution in [0.5, 0.6) is 0 Å². The van der Waals surface area contributed by atoms with Crippen LogP contribution in [0.25, 0.3) is 5.57 Å². The highest BCUT2D eigenvalue weighted by molar-refractivity contribution is 5.90. The van der Waals surface area contributed by atoms with Crippen molar-refractivity contribution in [3.63, 3.8) is 0 Å². The highest BCUT2D eigenvalue weighted by atomic mass is 16.4. The summed E-state index contributed by atoms with van der Waals surface area (Å²) in [5.41, 5.74) is 1.95. The molecular weight excluding hydrogens is 308 g/mol. The van der Waals surface area contributed by atoms with Crippen LogP contribution in [0.4, 0.5) is 0 Å². The van der Waals surface area contributed by atoms with Crippen LogP contribution >= 0.6 is 0 Å². The van der Waals surface area contributed by atoms with Gasteiger partial charge >= 0.3 is 5.97 Å². The Morgan fingerprint density at radius 2 is 2.00 bits per heavy atom. The molecule has 0 fully saturated rings. The summed E-state index contributed by atoms with van der Waals surface area (Å²) in [6, 6.07) is 0.258. The Balaban J connectivity index is 1.64. The van der Waals surface area contributed by atoms with E-state index >= 15 is 0 Å². The molecule has 1 aliphatic heterocycles. The second kappa shape index (κ2) is 6.59. The van der Waals surface area contributed by atoms with Crippen molar-refractivity contribution < 1.29 is 14.7 Å². The number of carbonyl (C=O) groups excluding carboxylic acids is 1. The van der Waals surface area contributed by atoms with E-state index in [4.69, 9.17) is 5.11 Å². The summed E-state index contributed by atoms with van der Waals surface area (Å²) in [5, 5.41) is 17.4. The Hall–Kier alpha value is -2.44. The Labute approximate surface area is 140 Å². The van der Waals surface area contributed by atoms with Crippen LogP contribution in [0.3, 0.4) is 0 Å². The number of aliphatic carboxylic acids is 1. The fraction of sp³-hybridized carbons (Fsp3) is 0.529. The topological polar surface area (TPSA) is 88.3 Å². The Morgan fingerprint density at radius 3 is 2.58 bits per heavy atom. The van der Waals surface area contributed by atoms with Crippen LogP contribution < -0.4 is 0 Å². The minimum absolute atomic E-state index is 0.0922. The Morgan fingerprint density at radius 1 is 1.25 bits per heavy atom. The average molecular weight is 330 g/mol.